The second-order valence-electron chi connectivity index (χ2n) is 4.90. The summed E-state index contributed by atoms with van der Waals surface area (Å²) in [6.45, 7) is 2.15. The molecule has 0 saturated heterocycles. The van der Waals surface area contributed by atoms with Crippen molar-refractivity contribution in [3.63, 3.8) is 0 Å². The third kappa shape index (κ3) is 3.88. The van der Waals surface area contributed by atoms with Gasteiger partial charge in [0.1, 0.15) is 11.5 Å². The molecule has 2 heteroatoms. The molecule has 110 valence electrons. The molecule has 2 aromatic rings. The topological polar surface area (TPSA) is 18.5 Å². The van der Waals surface area contributed by atoms with Crippen molar-refractivity contribution in [3.8, 4) is 11.5 Å². The van der Waals surface area contributed by atoms with E-state index in [0.717, 1.165) is 35.5 Å². The monoisotopic (exact) mass is 282 g/mol. The summed E-state index contributed by atoms with van der Waals surface area (Å²) < 4.78 is 11.0. The van der Waals surface area contributed by atoms with Crippen LogP contribution in [-0.4, -0.2) is 14.2 Å². The predicted octanol–water partition coefficient (Wildman–Crippen LogP) is 4.83. The van der Waals surface area contributed by atoms with Crippen molar-refractivity contribution in [2.75, 3.05) is 14.2 Å². The second-order valence-corrected chi connectivity index (χ2v) is 4.90. The average molecular weight is 282 g/mol. The molecule has 0 heterocycles. The van der Waals surface area contributed by atoms with Gasteiger partial charge in [-0.1, -0.05) is 55.8 Å². The van der Waals surface area contributed by atoms with Gasteiger partial charge in [-0.2, -0.15) is 0 Å². The van der Waals surface area contributed by atoms with Gasteiger partial charge in [-0.15, -0.1) is 0 Å². The smallest absolute Gasteiger partial charge is 0.126 e. The minimum Gasteiger partial charge on any atom is -0.496 e. The molecule has 0 amide bonds. The molecule has 0 bridgehead atoms. The Kier molecular flexibility index (Phi) is 5.44. The van der Waals surface area contributed by atoms with Gasteiger partial charge in [0.15, 0.2) is 0 Å². The summed E-state index contributed by atoms with van der Waals surface area (Å²) in [5.74, 6) is 1.79. The Morgan fingerprint density at radius 2 is 1.43 bits per heavy atom. The third-order valence-electron chi connectivity index (χ3n) is 3.40. The molecule has 0 unspecified atom stereocenters. The van der Waals surface area contributed by atoms with Crippen LogP contribution in [0.5, 0.6) is 11.5 Å². The Morgan fingerprint density at radius 3 is 1.95 bits per heavy atom. The van der Waals surface area contributed by atoms with Crippen LogP contribution in [0.25, 0.3) is 12.2 Å². The van der Waals surface area contributed by atoms with Crippen LogP contribution < -0.4 is 9.47 Å². The fraction of sp³-hybridized carbons (Fsp3) is 0.263. The molecule has 0 aromatic heterocycles. The summed E-state index contributed by atoms with van der Waals surface area (Å²) in [7, 11) is 3.41. The molecule has 0 aliphatic rings. The van der Waals surface area contributed by atoms with E-state index >= 15 is 0 Å². The van der Waals surface area contributed by atoms with Crippen LogP contribution in [0.3, 0.4) is 0 Å². The van der Waals surface area contributed by atoms with Gasteiger partial charge in [-0.25, -0.2) is 0 Å². The molecule has 0 N–H and O–H groups in total. The van der Waals surface area contributed by atoms with Gasteiger partial charge in [-0.05, 0) is 29.7 Å². The maximum Gasteiger partial charge on any atom is 0.126 e. The highest BCUT2D eigenvalue weighted by molar-refractivity contribution is 5.71. The van der Waals surface area contributed by atoms with Gasteiger partial charge in [0.2, 0.25) is 0 Å². The molecule has 0 saturated carbocycles. The van der Waals surface area contributed by atoms with E-state index in [1.807, 2.05) is 18.2 Å². The first kappa shape index (κ1) is 15.2. The first-order valence-electron chi connectivity index (χ1n) is 7.26. The largest absolute Gasteiger partial charge is 0.496 e. The lowest BCUT2D eigenvalue weighted by molar-refractivity contribution is 0.385. The van der Waals surface area contributed by atoms with E-state index in [9.17, 15) is 0 Å². The zero-order valence-corrected chi connectivity index (χ0v) is 12.9. The molecule has 0 atom stereocenters. The van der Waals surface area contributed by atoms with Crippen molar-refractivity contribution in [1.82, 2.24) is 0 Å². The lowest BCUT2D eigenvalue weighted by Crippen LogP contribution is -1.97. The lowest BCUT2D eigenvalue weighted by Gasteiger charge is -2.13. The molecule has 0 aliphatic heterocycles. The van der Waals surface area contributed by atoms with Crippen molar-refractivity contribution in [3.05, 3.63) is 59.2 Å². The van der Waals surface area contributed by atoms with Gasteiger partial charge in [-0.3, -0.25) is 0 Å². The van der Waals surface area contributed by atoms with E-state index in [4.69, 9.17) is 9.47 Å². The predicted molar refractivity (Wildman–Crippen MR) is 88.9 cm³/mol. The fourth-order valence-corrected chi connectivity index (χ4v) is 2.35. The van der Waals surface area contributed by atoms with E-state index in [-0.39, 0.29) is 0 Å². The molecule has 2 aromatic carbocycles. The van der Waals surface area contributed by atoms with Crippen LogP contribution in [0, 0.1) is 0 Å². The average Bonchev–Trinajstić information content (AvgIpc) is 2.54. The van der Waals surface area contributed by atoms with Crippen molar-refractivity contribution in [1.29, 1.82) is 0 Å². The number of benzene rings is 2. The van der Waals surface area contributed by atoms with Crippen LogP contribution in [0.1, 0.15) is 30.0 Å². The van der Waals surface area contributed by atoms with Crippen LogP contribution in [-0.2, 0) is 6.42 Å². The van der Waals surface area contributed by atoms with E-state index < -0.39 is 0 Å². The molecule has 0 aliphatic carbocycles. The van der Waals surface area contributed by atoms with E-state index in [1.54, 1.807) is 14.2 Å². The quantitative estimate of drug-likeness (QED) is 0.707. The molecular weight excluding hydrogens is 260 g/mol. The maximum atomic E-state index is 5.52. The summed E-state index contributed by atoms with van der Waals surface area (Å²) in [5, 5.41) is 0. The minimum atomic E-state index is 0.893. The van der Waals surface area contributed by atoms with Crippen LogP contribution >= 0.6 is 0 Å². The van der Waals surface area contributed by atoms with Gasteiger partial charge in [0.05, 0.1) is 14.2 Å². The molecule has 2 rings (SSSR count). The first-order valence-corrected chi connectivity index (χ1v) is 7.26. The summed E-state index contributed by atoms with van der Waals surface area (Å²) >= 11 is 0. The Bertz CT molecular complexity index is 575. The molecule has 0 radical (unpaired) electrons. The van der Waals surface area contributed by atoms with Gasteiger partial charge < -0.3 is 9.47 Å². The van der Waals surface area contributed by atoms with E-state index in [1.165, 1.54) is 5.56 Å². The summed E-state index contributed by atoms with van der Waals surface area (Å²) in [4.78, 5) is 0. The van der Waals surface area contributed by atoms with Gasteiger partial charge in [0.25, 0.3) is 0 Å². The molecule has 0 fully saturated rings. The molecule has 0 spiro atoms. The second kappa shape index (κ2) is 7.53. The third-order valence-corrected chi connectivity index (χ3v) is 3.40. The van der Waals surface area contributed by atoms with Crippen molar-refractivity contribution >= 4 is 12.2 Å². The first-order chi connectivity index (χ1) is 10.3. The molecular formula is C19H22O2. The number of ether oxygens (including phenoxy) is 2. The van der Waals surface area contributed by atoms with E-state index in [0.29, 0.717) is 0 Å². The highest BCUT2D eigenvalue weighted by atomic mass is 16.5. The van der Waals surface area contributed by atoms with Crippen LogP contribution in [0.2, 0.25) is 0 Å². The SMILES string of the molecule is CCCc1c(OC)cc(/C=C/c2ccccc2)cc1OC. The fourth-order valence-electron chi connectivity index (χ4n) is 2.35. The number of methoxy groups -OCH3 is 2. The van der Waals surface area contributed by atoms with Crippen molar-refractivity contribution < 1.29 is 9.47 Å². The Hall–Kier alpha value is -2.22. The van der Waals surface area contributed by atoms with E-state index in [2.05, 4.69) is 43.3 Å². The zero-order valence-electron chi connectivity index (χ0n) is 12.9. The Morgan fingerprint density at radius 1 is 0.857 bits per heavy atom. The highest BCUT2D eigenvalue weighted by Gasteiger charge is 2.10. The zero-order chi connectivity index (χ0) is 15.1. The summed E-state index contributed by atoms with van der Waals surface area (Å²) in [5.41, 5.74) is 3.39. The Labute approximate surface area is 127 Å². The number of hydrogen-bond acceptors (Lipinski definition) is 2. The highest BCUT2D eigenvalue weighted by Crippen LogP contribution is 2.32. The molecule has 2 nitrogen and oxygen atoms in total. The summed E-state index contributed by atoms with van der Waals surface area (Å²) in [6.07, 6.45) is 6.19. The molecule has 21 heavy (non-hydrogen) atoms. The van der Waals surface area contributed by atoms with Crippen molar-refractivity contribution in [2.45, 2.75) is 19.8 Å². The number of rotatable bonds is 6. The lowest BCUT2D eigenvalue weighted by atomic mass is 10.0. The maximum absolute atomic E-state index is 5.52. The summed E-state index contributed by atoms with van der Waals surface area (Å²) in [6, 6.07) is 14.4. The van der Waals surface area contributed by atoms with Crippen LogP contribution in [0.4, 0.5) is 0 Å². The standard InChI is InChI=1S/C19H22O2/c1-4-8-17-18(20-2)13-16(14-19(17)21-3)12-11-15-9-6-5-7-10-15/h5-7,9-14H,4,8H2,1-3H3/b12-11+. The normalized spacial score (nSPS) is 10.8. The van der Waals surface area contributed by atoms with Gasteiger partial charge in [0, 0.05) is 5.56 Å². The minimum absolute atomic E-state index is 0.893. The van der Waals surface area contributed by atoms with Crippen LogP contribution in [0.15, 0.2) is 42.5 Å². The Balaban J connectivity index is 2.34. The van der Waals surface area contributed by atoms with Gasteiger partial charge >= 0.3 is 0 Å². The van der Waals surface area contributed by atoms with Crippen molar-refractivity contribution in [2.24, 2.45) is 0 Å². The number of hydrogen-bond donors (Lipinski definition) is 0.